The highest BCUT2D eigenvalue weighted by Crippen LogP contribution is 2.21. The predicted molar refractivity (Wildman–Crippen MR) is 322 cm³/mol. The fourth-order valence-corrected chi connectivity index (χ4v) is 10.2. The molecule has 20 N–H and O–H groups in total. The van der Waals surface area contributed by atoms with Gasteiger partial charge in [0.2, 0.25) is 41.4 Å². The summed E-state index contributed by atoms with van der Waals surface area (Å²) in [6, 6.07) is 0.0691. The lowest BCUT2D eigenvalue weighted by Gasteiger charge is -2.28. The van der Waals surface area contributed by atoms with Crippen molar-refractivity contribution in [2.45, 2.75) is 199 Å². The molecule has 1 heterocycles. The Kier molecular flexibility index (Phi) is 35.6. The van der Waals surface area contributed by atoms with Gasteiger partial charge in [0.1, 0.15) is 30.0 Å². The number of aliphatic hydroxyl groups is 3. The van der Waals surface area contributed by atoms with Crippen molar-refractivity contribution in [1.82, 2.24) is 37.2 Å². The summed E-state index contributed by atoms with van der Waals surface area (Å²) in [6.07, 6.45) is -4.75. The van der Waals surface area contributed by atoms with E-state index in [2.05, 4.69) is 37.2 Å². The number of rotatable bonds is 31. The highest BCUT2D eigenvalue weighted by Gasteiger charge is 2.38. The fraction of sp³-hybridized carbons (Fsp3) is 0.717. The van der Waals surface area contributed by atoms with Crippen molar-refractivity contribution in [3.8, 4) is 0 Å². The molecule has 14 atom stereocenters. The number of Topliss-reactive ketones (excluding diaryl/α,β-unsaturated/α-hetero) is 4. The van der Waals surface area contributed by atoms with Gasteiger partial charge in [-0.2, -0.15) is 0 Å². The Morgan fingerprint density at radius 3 is 1.69 bits per heavy atom. The number of carbonyl (C=O) groups is 11. The molecule has 486 valence electrons. The standard InChI is InChI=1S/C60H102N12O14/c1-7-35(4)13-14-43(75)33-44(76)29-39(15-21-61)55(81)71-52(36(5)73)51(79)31-41(17-23-63)54(80)69-47-20-26-66-60(86)53(37(6)74)72-56(82)40(16-22-62)30-49(77)45(18-24-64)68-59(85)48(27-34(2)3)70-57(83)42(28-38-11-9-8-10-12-38)32-50(78)46(19-25-65)67-58(47)84/h8-12,34-37,39-43,45-48,52-53,73-75H,7,13-33,61-65H2,1-6H3,(H,66,86)(H,67,84)(H,68,85)(H,69,80)(H,70,83)(H,71,81)(H,72,82)/t35?,36-,37-,39-,40-,41-,42+,43?,45+,46+,47+,48+,52+,53+/m1/s1. The van der Waals surface area contributed by atoms with Gasteiger partial charge < -0.3 is 81.2 Å². The Morgan fingerprint density at radius 2 is 1.15 bits per heavy atom. The molecule has 0 radical (unpaired) electrons. The highest BCUT2D eigenvalue weighted by atomic mass is 16.3. The number of amides is 7. The number of ketones is 4. The van der Waals surface area contributed by atoms with Crippen LogP contribution in [-0.4, -0.2) is 174 Å². The minimum atomic E-state index is -1.64. The average Bonchev–Trinajstić information content (AvgIpc) is 3.18. The maximum atomic E-state index is 14.6. The molecule has 0 aliphatic carbocycles. The van der Waals surface area contributed by atoms with Crippen LogP contribution in [0.3, 0.4) is 0 Å². The van der Waals surface area contributed by atoms with E-state index in [0.29, 0.717) is 24.3 Å². The molecule has 0 aromatic heterocycles. The number of benzene rings is 1. The van der Waals surface area contributed by atoms with Crippen LogP contribution in [0.4, 0.5) is 0 Å². The van der Waals surface area contributed by atoms with Gasteiger partial charge in [-0.25, -0.2) is 0 Å². The molecule has 7 amide bonds. The number of hydrogen-bond acceptors (Lipinski definition) is 19. The molecule has 2 rings (SSSR count). The van der Waals surface area contributed by atoms with Crippen molar-refractivity contribution >= 4 is 64.5 Å². The molecule has 1 aliphatic rings. The molecule has 0 bridgehead atoms. The quantitative estimate of drug-likeness (QED) is 0.0386. The first kappa shape index (κ1) is 76.0. The zero-order valence-electron chi connectivity index (χ0n) is 51.3. The van der Waals surface area contributed by atoms with Crippen molar-refractivity contribution in [3.63, 3.8) is 0 Å². The van der Waals surface area contributed by atoms with E-state index >= 15 is 0 Å². The van der Waals surface area contributed by atoms with E-state index < -0.39 is 175 Å². The van der Waals surface area contributed by atoms with Crippen LogP contribution in [0.1, 0.15) is 143 Å². The number of nitrogens with two attached hydrogens (primary N) is 5. The van der Waals surface area contributed by atoms with Crippen LogP contribution in [0.5, 0.6) is 0 Å². The third-order valence-corrected chi connectivity index (χ3v) is 15.5. The van der Waals surface area contributed by atoms with E-state index in [0.717, 1.165) is 6.42 Å². The largest absolute Gasteiger partial charge is 0.393 e. The third kappa shape index (κ3) is 27.3. The molecule has 1 fully saturated rings. The van der Waals surface area contributed by atoms with E-state index in [1.807, 2.05) is 27.7 Å². The Morgan fingerprint density at radius 1 is 0.605 bits per heavy atom. The summed E-state index contributed by atoms with van der Waals surface area (Å²) in [6.45, 7) is 9.28. The van der Waals surface area contributed by atoms with E-state index in [-0.39, 0.29) is 96.4 Å². The molecule has 0 saturated carbocycles. The van der Waals surface area contributed by atoms with Gasteiger partial charge in [0.25, 0.3) is 0 Å². The van der Waals surface area contributed by atoms with Crippen molar-refractivity contribution in [2.75, 3.05) is 39.3 Å². The van der Waals surface area contributed by atoms with E-state index in [1.165, 1.54) is 13.8 Å². The minimum Gasteiger partial charge on any atom is -0.393 e. The second-order valence-electron chi connectivity index (χ2n) is 23.5. The van der Waals surface area contributed by atoms with Crippen LogP contribution in [0.2, 0.25) is 0 Å². The second kappa shape index (κ2) is 40.3. The topological polar surface area (TPSA) is 463 Å². The maximum absolute atomic E-state index is 14.6. The van der Waals surface area contributed by atoms with Gasteiger partial charge in [0, 0.05) is 62.3 Å². The first-order chi connectivity index (χ1) is 40.7. The lowest BCUT2D eigenvalue weighted by molar-refractivity contribution is -0.137. The first-order valence-electron chi connectivity index (χ1n) is 30.5. The summed E-state index contributed by atoms with van der Waals surface area (Å²) in [4.78, 5) is 155. The van der Waals surface area contributed by atoms with Crippen LogP contribution in [0.25, 0.3) is 0 Å². The van der Waals surface area contributed by atoms with E-state index in [9.17, 15) is 68.1 Å². The van der Waals surface area contributed by atoms with Crippen LogP contribution in [-0.2, 0) is 59.2 Å². The van der Waals surface area contributed by atoms with Gasteiger partial charge in [-0.05, 0) is 128 Å². The third-order valence-electron chi connectivity index (χ3n) is 15.5. The van der Waals surface area contributed by atoms with Crippen LogP contribution < -0.4 is 65.9 Å². The zero-order chi connectivity index (χ0) is 64.6. The summed E-state index contributed by atoms with van der Waals surface area (Å²) in [7, 11) is 0. The molecular formula is C60H102N12O14. The number of hydrogen-bond donors (Lipinski definition) is 15. The normalized spacial score (nSPS) is 23.4. The Bertz CT molecular complexity index is 2340. The molecule has 2 unspecified atom stereocenters. The first-order valence-corrected chi connectivity index (χ1v) is 30.5. The molecule has 26 nitrogen and oxygen atoms in total. The minimum absolute atomic E-state index is 0.000979. The second-order valence-corrected chi connectivity index (χ2v) is 23.5. The molecule has 86 heavy (non-hydrogen) atoms. The molecular weight excluding hydrogens is 1110 g/mol. The average molecular weight is 1220 g/mol. The van der Waals surface area contributed by atoms with Crippen LogP contribution in [0, 0.1) is 35.5 Å². The molecule has 1 saturated heterocycles. The molecule has 1 aliphatic heterocycles. The fourth-order valence-electron chi connectivity index (χ4n) is 10.2. The maximum Gasteiger partial charge on any atom is 0.245 e. The number of carbonyl (C=O) groups excluding carboxylic acids is 11. The molecule has 26 heteroatoms. The smallest absolute Gasteiger partial charge is 0.245 e. The monoisotopic (exact) mass is 1210 g/mol. The summed E-state index contributed by atoms with van der Waals surface area (Å²) in [5, 5.41) is 50.5. The lowest BCUT2D eigenvalue weighted by atomic mass is 9.89. The Balaban J connectivity index is 2.68. The van der Waals surface area contributed by atoms with Gasteiger partial charge in [-0.1, -0.05) is 64.4 Å². The van der Waals surface area contributed by atoms with Gasteiger partial charge in [0.15, 0.2) is 17.3 Å². The Labute approximate surface area is 506 Å². The SMILES string of the molecule is CCC(C)CCC(O)CC(=O)C[C@@H](CCN)C(=O)N[C@H](C(=O)C[C@@H](CCN)C(=O)N[C@H]1CCNC(=O)[C@H]([C@@H](C)O)NC(=O)[C@H](CCN)CC(=O)[C@H](CCN)NC(=O)[C@H](CC(C)C)NC(=O)[C@@H](Cc2ccccc2)CC(=O)[C@H](CCN)NC1=O)[C@@H](C)O. The predicted octanol–water partition coefficient (Wildman–Crippen LogP) is -1.91. The van der Waals surface area contributed by atoms with Crippen LogP contribution in [0.15, 0.2) is 30.3 Å². The molecule has 0 spiro atoms. The van der Waals surface area contributed by atoms with Crippen molar-refractivity contribution in [2.24, 2.45) is 64.2 Å². The number of nitrogens with one attached hydrogen (secondary N) is 7. The summed E-state index contributed by atoms with van der Waals surface area (Å²) in [5.74, 6) is -12.8. The molecule has 1 aromatic carbocycles. The lowest BCUT2D eigenvalue weighted by Crippen LogP contribution is -2.56. The van der Waals surface area contributed by atoms with Gasteiger partial charge in [-0.3, -0.25) is 52.7 Å². The molecule has 1 aromatic rings. The van der Waals surface area contributed by atoms with Gasteiger partial charge in [-0.15, -0.1) is 0 Å². The summed E-state index contributed by atoms with van der Waals surface area (Å²) >= 11 is 0. The highest BCUT2D eigenvalue weighted by molar-refractivity contribution is 5.99. The van der Waals surface area contributed by atoms with Gasteiger partial charge in [0.05, 0.1) is 30.4 Å². The van der Waals surface area contributed by atoms with Gasteiger partial charge >= 0.3 is 0 Å². The van der Waals surface area contributed by atoms with Crippen molar-refractivity contribution in [3.05, 3.63) is 35.9 Å². The summed E-state index contributed by atoms with van der Waals surface area (Å²) in [5.41, 5.74) is 30.2. The van der Waals surface area contributed by atoms with Crippen LogP contribution >= 0.6 is 0 Å². The van der Waals surface area contributed by atoms with Crippen molar-refractivity contribution < 1.29 is 68.1 Å². The van der Waals surface area contributed by atoms with E-state index in [4.69, 9.17) is 28.7 Å². The van der Waals surface area contributed by atoms with E-state index in [1.54, 1.807) is 30.3 Å². The Hall–Kier alpha value is -6.13. The summed E-state index contributed by atoms with van der Waals surface area (Å²) < 4.78 is 0. The van der Waals surface area contributed by atoms with Crippen molar-refractivity contribution in [1.29, 1.82) is 0 Å². The number of aliphatic hydroxyl groups excluding tert-OH is 3. The zero-order valence-corrected chi connectivity index (χ0v) is 51.3.